The molecule has 0 atom stereocenters. The van der Waals surface area contributed by atoms with E-state index in [9.17, 15) is 10.1 Å². The van der Waals surface area contributed by atoms with E-state index in [0.29, 0.717) is 0 Å². The van der Waals surface area contributed by atoms with Gasteiger partial charge in [-0.1, -0.05) is 12.1 Å². The third kappa shape index (κ3) is 1.46. The zero-order valence-electron chi connectivity index (χ0n) is 5.97. The maximum atomic E-state index is 10.3. The topological polar surface area (TPSA) is 83.3 Å². The first-order valence-corrected chi connectivity index (χ1v) is 3.09. The molecular formula is C6H5N4O2+. The molecule has 0 saturated heterocycles. The molecule has 1 rings (SSSR count). The van der Waals surface area contributed by atoms with Crippen LogP contribution in [0.2, 0.25) is 0 Å². The Morgan fingerprint density at radius 3 is 2.75 bits per heavy atom. The molecule has 12 heavy (non-hydrogen) atoms. The SMILES string of the molecule is N#[N+]Nc1ccccc1[N+](=O)[O-]. The summed E-state index contributed by atoms with van der Waals surface area (Å²) in [5.74, 6) is 0. The van der Waals surface area contributed by atoms with Gasteiger partial charge in [-0.25, -0.2) is 0 Å². The number of rotatable bonds is 2. The summed E-state index contributed by atoms with van der Waals surface area (Å²) < 4.78 is 0. The smallest absolute Gasteiger partial charge is 0.258 e. The van der Waals surface area contributed by atoms with Crippen LogP contribution in [0.1, 0.15) is 0 Å². The van der Waals surface area contributed by atoms with Crippen molar-refractivity contribution in [2.45, 2.75) is 0 Å². The predicted molar refractivity (Wildman–Crippen MR) is 41.8 cm³/mol. The lowest BCUT2D eigenvalue weighted by Crippen LogP contribution is -1.93. The summed E-state index contributed by atoms with van der Waals surface area (Å²) in [7, 11) is 0. The lowest BCUT2D eigenvalue weighted by Gasteiger charge is -1.91. The van der Waals surface area contributed by atoms with Gasteiger partial charge in [0.05, 0.1) is 4.92 Å². The van der Waals surface area contributed by atoms with Crippen molar-refractivity contribution in [3.05, 3.63) is 39.5 Å². The summed E-state index contributed by atoms with van der Waals surface area (Å²) in [4.78, 5) is 9.78. The van der Waals surface area contributed by atoms with Crippen LogP contribution in [0.4, 0.5) is 11.4 Å². The van der Waals surface area contributed by atoms with Crippen LogP contribution in [0.5, 0.6) is 0 Å². The molecule has 0 aromatic heterocycles. The number of hydrogen-bond acceptors (Lipinski definition) is 4. The van der Waals surface area contributed by atoms with Crippen molar-refractivity contribution in [3.63, 3.8) is 0 Å². The summed E-state index contributed by atoms with van der Waals surface area (Å²) in [5.41, 5.74) is 2.12. The quantitative estimate of drug-likeness (QED) is 0.411. The monoisotopic (exact) mass is 165 g/mol. The van der Waals surface area contributed by atoms with Crippen molar-refractivity contribution in [2.24, 2.45) is 0 Å². The van der Waals surface area contributed by atoms with Crippen molar-refractivity contribution in [3.8, 4) is 0 Å². The van der Waals surface area contributed by atoms with Crippen molar-refractivity contribution in [1.29, 1.82) is 5.39 Å². The first-order chi connectivity index (χ1) is 5.75. The van der Waals surface area contributed by atoms with Crippen LogP contribution in [0.3, 0.4) is 0 Å². The molecule has 0 heterocycles. The number of diazo groups is 1. The molecule has 1 N–H and O–H groups in total. The minimum absolute atomic E-state index is 0.129. The lowest BCUT2D eigenvalue weighted by atomic mass is 10.3. The fraction of sp³-hybridized carbons (Fsp3) is 0. The number of hydrogen-bond donors (Lipinski definition) is 1. The highest BCUT2D eigenvalue weighted by molar-refractivity contribution is 5.61. The van der Waals surface area contributed by atoms with Crippen LogP contribution in [0.25, 0.3) is 5.08 Å². The third-order valence-corrected chi connectivity index (χ3v) is 1.27. The Morgan fingerprint density at radius 2 is 2.17 bits per heavy atom. The normalized spacial score (nSPS) is 8.58. The molecule has 1 aromatic rings. The fourth-order valence-corrected chi connectivity index (χ4v) is 0.781. The number of para-hydroxylation sites is 2. The summed E-state index contributed by atoms with van der Waals surface area (Å²) in [6.45, 7) is 0. The van der Waals surface area contributed by atoms with Crippen LogP contribution in [-0.2, 0) is 0 Å². The van der Waals surface area contributed by atoms with E-state index in [1.54, 1.807) is 6.07 Å². The first kappa shape index (κ1) is 7.94. The van der Waals surface area contributed by atoms with E-state index in [-0.39, 0.29) is 11.4 Å². The van der Waals surface area contributed by atoms with Crippen LogP contribution in [0, 0.1) is 15.5 Å². The van der Waals surface area contributed by atoms with Gasteiger partial charge in [-0.15, -0.1) is 0 Å². The second-order valence-corrected chi connectivity index (χ2v) is 1.99. The number of benzene rings is 1. The minimum Gasteiger partial charge on any atom is -0.258 e. The largest absolute Gasteiger partial charge is 0.308 e. The average Bonchev–Trinajstić information content (AvgIpc) is 2.05. The van der Waals surface area contributed by atoms with Crippen molar-refractivity contribution in [1.82, 2.24) is 0 Å². The molecule has 6 heteroatoms. The third-order valence-electron chi connectivity index (χ3n) is 1.27. The highest BCUT2D eigenvalue weighted by Gasteiger charge is 2.14. The van der Waals surface area contributed by atoms with Gasteiger partial charge in [0.25, 0.3) is 11.1 Å². The predicted octanol–water partition coefficient (Wildman–Crippen LogP) is 1.77. The standard InChI is InChI=1S/C6H5N4O2/c7-9-8-5-3-1-2-4-6(5)10(11)12/h1-4,8H/q+1. The molecule has 60 valence electrons. The Balaban J connectivity index is 3.10. The van der Waals surface area contributed by atoms with Gasteiger partial charge in [0.2, 0.25) is 0 Å². The molecule has 0 saturated carbocycles. The Morgan fingerprint density at radius 1 is 1.50 bits per heavy atom. The van der Waals surface area contributed by atoms with E-state index >= 15 is 0 Å². The fourth-order valence-electron chi connectivity index (χ4n) is 0.781. The molecule has 0 aliphatic carbocycles. The highest BCUT2D eigenvalue weighted by atomic mass is 16.6. The first-order valence-electron chi connectivity index (χ1n) is 3.09. The molecule has 1 aromatic carbocycles. The molecule has 6 nitrogen and oxygen atoms in total. The molecule has 0 bridgehead atoms. The molecule has 0 aliphatic rings. The van der Waals surface area contributed by atoms with E-state index in [1.165, 1.54) is 18.2 Å². The Kier molecular flexibility index (Phi) is 2.18. The van der Waals surface area contributed by atoms with Gasteiger partial charge < -0.3 is 0 Å². The Labute approximate surface area is 67.6 Å². The molecule has 0 fully saturated rings. The molecule has 0 amide bonds. The van der Waals surface area contributed by atoms with Crippen molar-refractivity contribution < 1.29 is 4.92 Å². The zero-order valence-corrected chi connectivity index (χ0v) is 5.97. The van der Waals surface area contributed by atoms with Crippen LogP contribution in [0.15, 0.2) is 24.3 Å². The zero-order chi connectivity index (χ0) is 8.97. The number of anilines is 1. The summed E-state index contributed by atoms with van der Waals surface area (Å²) >= 11 is 0. The van der Waals surface area contributed by atoms with Crippen molar-refractivity contribution >= 4 is 11.4 Å². The van der Waals surface area contributed by atoms with Crippen LogP contribution in [-0.4, -0.2) is 4.92 Å². The minimum atomic E-state index is -0.562. The lowest BCUT2D eigenvalue weighted by molar-refractivity contribution is -0.383. The van der Waals surface area contributed by atoms with E-state index in [1.807, 2.05) is 0 Å². The molecular weight excluding hydrogens is 160 g/mol. The Bertz CT molecular complexity index is 344. The van der Waals surface area contributed by atoms with Gasteiger partial charge in [-0.2, -0.15) is 0 Å². The maximum absolute atomic E-state index is 10.3. The summed E-state index contributed by atoms with van der Waals surface area (Å²) in [5, 5.41) is 21.1. The van der Waals surface area contributed by atoms with E-state index in [4.69, 9.17) is 5.39 Å². The van der Waals surface area contributed by atoms with E-state index < -0.39 is 4.92 Å². The average molecular weight is 165 g/mol. The second kappa shape index (κ2) is 3.30. The van der Waals surface area contributed by atoms with Crippen LogP contribution < -0.4 is 5.43 Å². The number of nitrogens with one attached hydrogen (secondary N) is 1. The second-order valence-electron chi connectivity index (χ2n) is 1.99. The highest BCUT2D eigenvalue weighted by Crippen LogP contribution is 2.22. The Hall–Kier alpha value is -2.16. The van der Waals surface area contributed by atoms with Gasteiger partial charge in [-0.3, -0.25) is 10.1 Å². The van der Waals surface area contributed by atoms with Gasteiger partial charge >= 0.3 is 5.08 Å². The molecule has 0 aliphatic heterocycles. The van der Waals surface area contributed by atoms with Gasteiger partial charge in [0.1, 0.15) is 0 Å². The number of nitro benzene ring substituents is 1. The van der Waals surface area contributed by atoms with Gasteiger partial charge in [0.15, 0.2) is 5.69 Å². The molecule has 0 unspecified atom stereocenters. The number of nitro groups is 1. The summed E-state index contributed by atoms with van der Waals surface area (Å²) in [6.07, 6.45) is 0. The van der Waals surface area contributed by atoms with Gasteiger partial charge in [0, 0.05) is 6.07 Å². The van der Waals surface area contributed by atoms with E-state index in [0.717, 1.165) is 0 Å². The molecule has 0 spiro atoms. The maximum Gasteiger partial charge on any atom is 0.308 e. The van der Waals surface area contributed by atoms with Gasteiger partial charge in [-0.05, 0) is 11.5 Å². The molecule has 0 radical (unpaired) electrons. The van der Waals surface area contributed by atoms with Crippen molar-refractivity contribution in [2.75, 3.05) is 5.43 Å². The van der Waals surface area contributed by atoms with E-state index in [2.05, 4.69) is 10.5 Å². The summed E-state index contributed by atoms with van der Waals surface area (Å²) in [6, 6.07) is 5.88. The van der Waals surface area contributed by atoms with Crippen LogP contribution >= 0.6 is 0 Å². The number of nitrogens with zero attached hydrogens (tertiary/aromatic N) is 3.